The number of rotatable bonds is 8. The van der Waals surface area contributed by atoms with Crippen LogP contribution in [0.4, 0.5) is 0 Å². The molecule has 1 aliphatic rings. The molecule has 4 heteroatoms. The summed E-state index contributed by atoms with van der Waals surface area (Å²) >= 11 is 0. The number of quaternary nitrogens is 2. The van der Waals surface area contributed by atoms with E-state index in [1.807, 2.05) is 0 Å². The fraction of sp³-hybridized carbons (Fsp3) is 0.458. The van der Waals surface area contributed by atoms with E-state index < -0.39 is 0 Å². The summed E-state index contributed by atoms with van der Waals surface area (Å²) in [6, 6.07) is 22.3. The van der Waals surface area contributed by atoms with E-state index in [4.69, 9.17) is 0 Å². The Balaban J connectivity index is 1.61. The Labute approximate surface area is 169 Å². The van der Waals surface area contributed by atoms with Crippen LogP contribution in [-0.4, -0.2) is 44.7 Å². The number of nitrogens with one attached hydrogen (secondary N) is 3. The molecule has 28 heavy (non-hydrogen) atoms. The maximum atomic E-state index is 12.3. The smallest absolute Gasteiger partial charge is 0.275 e. The quantitative estimate of drug-likeness (QED) is 0.624. The van der Waals surface area contributed by atoms with Gasteiger partial charge in [0.15, 0.2) is 6.54 Å². The minimum Gasteiger partial charge on any atom is -0.349 e. The highest BCUT2D eigenvalue weighted by molar-refractivity contribution is 5.77. The first-order chi connectivity index (χ1) is 13.7. The molecule has 0 aliphatic carbocycles. The lowest BCUT2D eigenvalue weighted by molar-refractivity contribution is -1.02. The third-order valence-electron chi connectivity index (χ3n) is 5.81. The lowest BCUT2D eigenvalue weighted by Crippen LogP contribution is -3.28. The summed E-state index contributed by atoms with van der Waals surface area (Å²) in [5.74, 6) is 0.196. The van der Waals surface area contributed by atoms with Crippen LogP contribution in [0.25, 0.3) is 0 Å². The summed E-state index contributed by atoms with van der Waals surface area (Å²) in [5.41, 5.74) is 2.75. The van der Waals surface area contributed by atoms with Crippen LogP contribution < -0.4 is 15.1 Å². The summed E-state index contributed by atoms with van der Waals surface area (Å²) in [4.78, 5) is 15.3. The van der Waals surface area contributed by atoms with Crippen molar-refractivity contribution in [3.63, 3.8) is 0 Å². The molecule has 1 fully saturated rings. The van der Waals surface area contributed by atoms with Crippen LogP contribution in [0.2, 0.25) is 0 Å². The van der Waals surface area contributed by atoms with Crippen molar-refractivity contribution < 1.29 is 14.6 Å². The second kappa shape index (κ2) is 10.4. The maximum absolute atomic E-state index is 12.3. The van der Waals surface area contributed by atoms with Gasteiger partial charge < -0.3 is 15.1 Å². The molecule has 1 aliphatic heterocycles. The molecule has 0 unspecified atom stereocenters. The zero-order chi connectivity index (χ0) is 19.8. The lowest BCUT2D eigenvalue weighted by Gasteiger charge is -2.35. The molecular formula is C24H35N3O+2. The SMILES string of the molecule is CCC[C@H](C)NC(=O)C[NH+]1CC[NH+](C(c2ccccc2)c2ccccc2)CC1. The normalized spacial score (nSPS) is 20.7. The van der Waals surface area contributed by atoms with Crippen LogP contribution in [0.5, 0.6) is 0 Å². The van der Waals surface area contributed by atoms with E-state index in [9.17, 15) is 4.79 Å². The predicted octanol–water partition coefficient (Wildman–Crippen LogP) is 0.864. The number of benzene rings is 2. The van der Waals surface area contributed by atoms with Crippen molar-refractivity contribution in [2.75, 3.05) is 32.7 Å². The molecule has 3 rings (SSSR count). The summed E-state index contributed by atoms with van der Waals surface area (Å²) in [5, 5.41) is 3.15. The summed E-state index contributed by atoms with van der Waals surface area (Å²) in [7, 11) is 0. The number of hydrogen-bond acceptors (Lipinski definition) is 1. The van der Waals surface area contributed by atoms with Gasteiger partial charge in [0.2, 0.25) is 0 Å². The molecule has 0 bridgehead atoms. The van der Waals surface area contributed by atoms with E-state index in [1.165, 1.54) is 16.0 Å². The highest BCUT2D eigenvalue weighted by Gasteiger charge is 2.32. The number of hydrogen-bond donors (Lipinski definition) is 3. The van der Waals surface area contributed by atoms with E-state index in [0.717, 1.165) is 39.0 Å². The molecule has 4 nitrogen and oxygen atoms in total. The first kappa shape index (κ1) is 20.6. The third kappa shape index (κ3) is 5.66. The molecule has 1 amide bonds. The molecule has 1 atom stereocenters. The monoisotopic (exact) mass is 381 g/mol. The first-order valence-corrected chi connectivity index (χ1v) is 10.7. The van der Waals surface area contributed by atoms with Crippen LogP contribution >= 0.6 is 0 Å². The minimum atomic E-state index is 0.196. The molecule has 150 valence electrons. The zero-order valence-electron chi connectivity index (χ0n) is 17.3. The van der Waals surface area contributed by atoms with Crippen LogP contribution in [0.15, 0.2) is 60.7 Å². The number of carbonyl (C=O) groups is 1. The van der Waals surface area contributed by atoms with Gasteiger partial charge in [0, 0.05) is 17.2 Å². The lowest BCUT2D eigenvalue weighted by atomic mass is 9.96. The Bertz CT molecular complexity index is 672. The number of amides is 1. The molecule has 0 aromatic heterocycles. The predicted molar refractivity (Wildman–Crippen MR) is 114 cm³/mol. The van der Waals surface area contributed by atoms with Crippen LogP contribution in [-0.2, 0) is 4.79 Å². The molecule has 3 N–H and O–H groups in total. The van der Waals surface area contributed by atoms with E-state index in [0.29, 0.717) is 12.6 Å². The standard InChI is InChI=1S/C24H33N3O/c1-3-10-20(2)25-23(28)19-26-15-17-27(18-16-26)24(21-11-6-4-7-12-21)22-13-8-5-9-14-22/h4-9,11-14,20,24H,3,10,15-19H2,1-2H3,(H,25,28)/p+2/t20-/m0/s1. The van der Waals surface area contributed by atoms with Crippen LogP contribution in [0, 0.1) is 0 Å². The second-order valence-corrected chi connectivity index (χ2v) is 8.10. The molecule has 1 saturated heterocycles. The van der Waals surface area contributed by atoms with Crippen molar-refractivity contribution in [1.82, 2.24) is 5.32 Å². The van der Waals surface area contributed by atoms with Gasteiger partial charge in [0.1, 0.15) is 32.2 Å². The Morgan fingerprint density at radius 1 is 0.929 bits per heavy atom. The van der Waals surface area contributed by atoms with Gasteiger partial charge >= 0.3 is 0 Å². The topological polar surface area (TPSA) is 38.0 Å². The highest BCUT2D eigenvalue weighted by atomic mass is 16.2. The van der Waals surface area contributed by atoms with E-state index in [1.54, 1.807) is 4.90 Å². The second-order valence-electron chi connectivity index (χ2n) is 8.10. The van der Waals surface area contributed by atoms with Crippen molar-refractivity contribution in [2.24, 2.45) is 0 Å². The molecular weight excluding hydrogens is 346 g/mol. The van der Waals surface area contributed by atoms with Gasteiger partial charge in [0.05, 0.1) is 0 Å². The average molecular weight is 382 g/mol. The average Bonchev–Trinajstić information content (AvgIpc) is 2.71. The van der Waals surface area contributed by atoms with Gasteiger partial charge in [-0.15, -0.1) is 0 Å². The molecule has 1 heterocycles. The van der Waals surface area contributed by atoms with Crippen molar-refractivity contribution in [3.05, 3.63) is 71.8 Å². The maximum Gasteiger partial charge on any atom is 0.275 e. The fourth-order valence-corrected chi connectivity index (χ4v) is 4.40. The Morgan fingerprint density at radius 2 is 1.46 bits per heavy atom. The van der Waals surface area contributed by atoms with Crippen LogP contribution in [0.1, 0.15) is 43.9 Å². The van der Waals surface area contributed by atoms with Gasteiger partial charge in [-0.3, -0.25) is 4.79 Å². The zero-order valence-corrected chi connectivity index (χ0v) is 17.3. The molecule has 0 spiro atoms. The Kier molecular flexibility index (Phi) is 7.63. The molecule has 2 aromatic carbocycles. The Hall–Kier alpha value is -2.17. The molecule has 0 saturated carbocycles. The van der Waals surface area contributed by atoms with Crippen molar-refractivity contribution >= 4 is 5.91 Å². The van der Waals surface area contributed by atoms with E-state index in [-0.39, 0.29) is 11.9 Å². The van der Waals surface area contributed by atoms with Crippen LogP contribution in [0.3, 0.4) is 0 Å². The Morgan fingerprint density at radius 3 is 1.96 bits per heavy atom. The number of piperazine rings is 1. The van der Waals surface area contributed by atoms with Crippen molar-refractivity contribution in [2.45, 2.75) is 38.8 Å². The fourth-order valence-electron chi connectivity index (χ4n) is 4.40. The van der Waals surface area contributed by atoms with E-state index in [2.05, 4.69) is 79.8 Å². The van der Waals surface area contributed by atoms with Gasteiger partial charge in [-0.2, -0.15) is 0 Å². The van der Waals surface area contributed by atoms with Gasteiger partial charge in [0.25, 0.3) is 5.91 Å². The van der Waals surface area contributed by atoms with Gasteiger partial charge in [-0.25, -0.2) is 0 Å². The first-order valence-electron chi connectivity index (χ1n) is 10.7. The van der Waals surface area contributed by atoms with Crippen molar-refractivity contribution in [3.8, 4) is 0 Å². The van der Waals surface area contributed by atoms with Gasteiger partial charge in [-0.05, 0) is 13.3 Å². The largest absolute Gasteiger partial charge is 0.349 e. The molecule has 0 radical (unpaired) electrons. The minimum absolute atomic E-state index is 0.196. The third-order valence-corrected chi connectivity index (χ3v) is 5.81. The highest BCUT2D eigenvalue weighted by Crippen LogP contribution is 2.18. The van der Waals surface area contributed by atoms with Crippen molar-refractivity contribution in [1.29, 1.82) is 0 Å². The summed E-state index contributed by atoms with van der Waals surface area (Å²) in [6.07, 6.45) is 2.16. The summed E-state index contributed by atoms with van der Waals surface area (Å²) < 4.78 is 0. The number of carbonyl (C=O) groups excluding carboxylic acids is 1. The molecule has 2 aromatic rings. The summed E-state index contributed by atoms with van der Waals surface area (Å²) in [6.45, 7) is 9.11. The van der Waals surface area contributed by atoms with Gasteiger partial charge in [-0.1, -0.05) is 74.0 Å². The van der Waals surface area contributed by atoms with E-state index >= 15 is 0 Å².